The molecule has 0 aromatic carbocycles. The minimum absolute atomic E-state index is 0.0710. The summed E-state index contributed by atoms with van der Waals surface area (Å²) in [5, 5.41) is 12.1. The van der Waals surface area contributed by atoms with Gasteiger partial charge in [-0.05, 0) is 5.92 Å². The smallest absolute Gasteiger partial charge is 0.320 e. The lowest BCUT2D eigenvalue weighted by Crippen LogP contribution is -2.41. The molecule has 0 aliphatic carbocycles. The van der Waals surface area contributed by atoms with Crippen LogP contribution in [0.2, 0.25) is 0 Å². The third kappa shape index (κ3) is 3.96. The van der Waals surface area contributed by atoms with Gasteiger partial charge in [-0.3, -0.25) is 10.1 Å². The minimum Gasteiger partial charge on any atom is -0.480 e. The number of methoxy groups -OCH3 is 1. The van der Waals surface area contributed by atoms with E-state index >= 15 is 0 Å². The van der Waals surface area contributed by atoms with E-state index in [0.29, 0.717) is 12.6 Å². The normalized spacial score (nSPS) is 13.9. The second kappa shape index (κ2) is 6.90. The number of aliphatic carboxylic acids is 1. The Balaban J connectivity index is 2.58. The van der Waals surface area contributed by atoms with Crippen LogP contribution in [-0.4, -0.2) is 34.2 Å². The number of carboxylic acid groups (broad SMARTS) is 1. The maximum Gasteiger partial charge on any atom is 0.320 e. The number of carboxylic acids is 1. The van der Waals surface area contributed by atoms with Crippen LogP contribution >= 0.6 is 0 Å². The monoisotopic (exact) mass is 253 g/mol. The number of nitrogens with zero attached hydrogens (tertiary/aromatic N) is 2. The quantitative estimate of drug-likeness (QED) is 0.756. The molecule has 100 valence electrons. The van der Waals surface area contributed by atoms with Crippen molar-refractivity contribution in [3.05, 3.63) is 18.0 Å². The summed E-state index contributed by atoms with van der Waals surface area (Å²) in [7, 11) is 1.50. The summed E-state index contributed by atoms with van der Waals surface area (Å²) in [5.41, 5.74) is 0.824. The molecule has 0 spiro atoms. The first-order chi connectivity index (χ1) is 8.58. The molecule has 1 rings (SSSR count). The average Bonchev–Trinajstić information content (AvgIpc) is 2.39. The lowest BCUT2D eigenvalue weighted by Gasteiger charge is -2.20. The van der Waals surface area contributed by atoms with Crippen molar-refractivity contribution in [1.82, 2.24) is 15.3 Å². The molecular formula is C12H19N3O3. The molecule has 0 unspecified atom stereocenters. The Morgan fingerprint density at radius 3 is 2.56 bits per heavy atom. The van der Waals surface area contributed by atoms with Crippen molar-refractivity contribution in [3.8, 4) is 6.01 Å². The van der Waals surface area contributed by atoms with Gasteiger partial charge < -0.3 is 9.84 Å². The lowest BCUT2D eigenvalue weighted by molar-refractivity contribution is -0.140. The van der Waals surface area contributed by atoms with Gasteiger partial charge in [-0.2, -0.15) is 0 Å². The SMILES string of the molecule is CC[C@H](C)[C@H](NCc1cnc(OC)nc1)C(=O)O. The van der Waals surface area contributed by atoms with Gasteiger partial charge in [0.15, 0.2) is 0 Å². The van der Waals surface area contributed by atoms with Crippen molar-refractivity contribution in [3.63, 3.8) is 0 Å². The topological polar surface area (TPSA) is 84.3 Å². The van der Waals surface area contributed by atoms with Crippen LogP contribution in [-0.2, 0) is 11.3 Å². The summed E-state index contributed by atoms with van der Waals surface area (Å²) in [6.07, 6.45) is 4.05. The fourth-order valence-electron chi connectivity index (χ4n) is 1.54. The van der Waals surface area contributed by atoms with E-state index in [0.717, 1.165) is 12.0 Å². The third-order valence-corrected chi connectivity index (χ3v) is 2.87. The predicted molar refractivity (Wildman–Crippen MR) is 66.3 cm³/mol. The molecule has 1 heterocycles. The molecule has 6 heteroatoms. The second-order valence-electron chi connectivity index (χ2n) is 4.16. The van der Waals surface area contributed by atoms with Crippen molar-refractivity contribution in [2.24, 2.45) is 5.92 Å². The molecule has 1 aromatic heterocycles. The average molecular weight is 253 g/mol. The van der Waals surface area contributed by atoms with E-state index in [9.17, 15) is 4.79 Å². The number of hydrogen-bond acceptors (Lipinski definition) is 5. The molecule has 1 aromatic rings. The van der Waals surface area contributed by atoms with Gasteiger partial charge in [-0.1, -0.05) is 20.3 Å². The van der Waals surface area contributed by atoms with E-state index in [1.54, 1.807) is 12.4 Å². The molecule has 0 aliphatic heterocycles. The van der Waals surface area contributed by atoms with E-state index in [2.05, 4.69) is 15.3 Å². The Morgan fingerprint density at radius 1 is 1.50 bits per heavy atom. The van der Waals surface area contributed by atoms with Crippen molar-refractivity contribution < 1.29 is 14.6 Å². The van der Waals surface area contributed by atoms with Gasteiger partial charge in [0.2, 0.25) is 0 Å². The summed E-state index contributed by atoms with van der Waals surface area (Å²) in [6, 6.07) is -0.257. The van der Waals surface area contributed by atoms with Crippen LogP contribution in [0.15, 0.2) is 12.4 Å². The first kappa shape index (κ1) is 14.4. The Kier molecular flexibility index (Phi) is 5.51. The molecule has 0 saturated carbocycles. The molecule has 0 amide bonds. The highest BCUT2D eigenvalue weighted by Crippen LogP contribution is 2.09. The molecule has 0 bridgehead atoms. The maximum absolute atomic E-state index is 11.1. The second-order valence-corrected chi connectivity index (χ2v) is 4.16. The standard InChI is InChI=1S/C12H19N3O3/c1-4-8(2)10(11(16)17)13-5-9-6-14-12(18-3)15-7-9/h6-8,10,13H,4-5H2,1-3H3,(H,16,17)/t8-,10-/m0/s1. The van der Waals surface area contributed by atoms with Gasteiger partial charge in [-0.25, -0.2) is 9.97 Å². The summed E-state index contributed by atoms with van der Waals surface area (Å²) >= 11 is 0. The highest BCUT2D eigenvalue weighted by atomic mass is 16.5. The highest BCUT2D eigenvalue weighted by molar-refractivity contribution is 5.73. The summed E-state index contributed by atoms with van der Waals surface area (Å²) in [5.74, 6) is -0.763. The molecule has 18 heavy (non-hydrogen) atoms. The summed E-state index contributed by atoms with van der Waals surface area (Å²) in [4.78, 5) is 19.0. The largest absolute Gasteiger partial charge is 0.480 e. The zero-order valence-corrected chi connectivity index (χ0v) is 10.9. The van der Waals surface area contributed by atoms with Crippen molar-refractivity contribution in [2.45, 2.75) is 32.9 Å². The minimum atomic E-state index is -0.834. The Hall–Kier alpha value is -1.69. The zero-order chi connectivity index (χ0) is 13.5. The van der Waals surface area contributed by atoms with E-state index in [1.807, 2.05) is 13.8 Å². The Morgan fingerprint density at radius 2 is 2.11 bits per heavy atom. The van der Waals surface area contributed by atoms with Crippen molar-refractivity contribution in [1.29, 1.82) is 0 Å². The molecular weight excluding hydrogens is 234 g/mol. The van der Waals surface area contributed by atoms with Crippen LogP contribution in [0.1, 0.15) is 25.8 Å². The number of nitrogens with one attached hydrogen (secondary N) is 1. The summed E-state index contributed by atoms with van der Waals surface area (Å²) < 4.78 is 4.85. The lowest BCUT2D eigenvalue weighted by atomic mass is 9.99. The number of carbonyl (C=O) groups is 1. The molecule has 0 radical (unpaired) electrons. The number of ether oxygens (including phenoxy) is 1. The fourth-order valence-corrected chi connectivity index (χ4v) is 1.54. The first-order valence-electron chi connectivity index (χ1n) is 5.89. The van der Waals surface area contributed by atoms with E-state index in [-0.39, 0.29) is 5.92 Å². The van der Waals surface area contributed by atoms with Gasteiger partial charge in [0.1, 0.15) is 6.04 Å². The zero-order valence-electron chi connectivity index (χ0n) is 10.9. The van der Waals surface area contributed by atoms with Crippen LogP contribution < -0.4 is 10.1 Å². The van der Waals surface area contributed by atoms with Gasteiger partial charge in [-0.15, -0.1) is 0 Å². The fraction of sp³-hybridized carbons (Fsp3) is 0.583. The summed E-state index contributed by atoms with van der Waals surface area (Å²) in [6.45, 7) is 4.31. The number of rotatable bonds is 7. The van der Waals surface area contributed by atoms with E-state index in [4.69, 9.17) is 9.84 Å². The maximum atomic E-state index is 11.1. The van der Waals surface area contributed by atoms with Crippen molar-refractivity contribution >= 4 is 5.97 Å². The number of hydrogen-bond donors (Lipinski definition) is 2. The molecule has 0 aliphatic rings. The Labute approximate surface area is 106 Å². The van der Waals surface area contributed by atoms with Crippen LogP contribution in [0.25, 0.3) is 0 Å². The van der Waals surface area contributed by atoms with Crippen LogP contribution in [0.4, 0.5) is 0 Å². The van der Waals surface area contributed by atoms with Gasteiger partial charge >= 0.3 is 12.0 Å². The molecule has 6 nitrogen and oxygen atoms in total. The van der Waals surface area contributed by atoms with E-state index in [1.165, 1.54) is 7.11 Å². The van der Waals surface area contributed by atoms with Crippen LogP contribution in [0.3, 0.4) is 0 Å². The molecule has 2 N–H and O–H groups in total. The van der Waals surface area contributed by atoms with E-state index < -0.39 is 12.0 Å². The van der Waals surface area contributed by atoms with Gasteiger partial charge in [0, 0.05) is 24.5 Å². The molecule has 0 fully saturated rings. The number of aromatic nitrogens is 2. The molecule has 2 atom stereocenters. The van der Waals surface area contributed by atoms with Crippen LogP contribution in [0.5, 0.6) is 6.01 Å². The van der Waals surface area contributed by atoms with Gasteiger partial charge in [0.25, 0.3) is 0 Å². The predicted octanol–water partition coefficient (Wildman–Crippen LogP) is 1.07. The highest BCUT2D eigenvalue weighted by Gasteiger charge is 2.22. The third-order valence-electron chi connectivity index (χ3n) is 2.87. The van der Waals surface area contributed by atoms with Crippen molar-refractivity contribution in [2.75, 3.05) is 7.11 Å². The first-order valence-corrected chi connectivity index (χ1v) is 5.89. The molecule has 0 saturated heterocycles. The van der Waals surface area contributed by atoms with Crippen LogP contribution in [0, 0.1) is 5.92 Å². The Bertz CT molecular complexity index is 381. The van der Waals surface area contributed by atoms with Gasteiger partial charge in [0.05, 0.1) is 7.11 Å².